The van der Waals surface area contributed by atoms with E-state index in [-0.39, 0.29) is 11.9 Å². The van der Waals surface area contributed by atoms with Gasteiger partial charge in [-0.05, 0) is 66.7 Å². The van der Waals surface area contributed by atoms with Crippen molar-refractivity contribution < 1.29 is 4.79 Å². The van der Waals surface area contributed by atoms with Crippen molar-refractivity contribution in [2.24, 2.45) is 11.7 Å². The smallest absolute Gasteiger partial charge is 0.255 e. The first kappa shape index (κ1) is 16.5. The third-order valence-electron chi connectivity index (χ3n) is 4.60. The molecule has 0 heterocycles. The molecule has 0 spiro atoms. The van der Waals surface area contributed by atoms with Gasteiger partial charge >= 0.3 is 0 Å². The number of nitrogens with zero attached hydrogens (tertiary/aromatic N) is 1. The fourth-order valence-electron chi connectivity index (χ4n) is 3.37. The highest BCUT2D eigenvalue weighted by Gasteiger charge is 2.32. The number of aryl methyl sites for hydroxylation is 1. The van der Waals surface area contributed by atoms with Crippen LogP contribution >= 0.6 is 15.9 Å². The van der Waals surface area contributed by atoms with E-state index in [0.717, 1.165) is 35.0 Å². The summed E-state index contributed by atoms with van der Waals surface area (Å²) in [6.07, 6.45) is 4.64. The van der Waals surface area contributed by atoms with Gasteiger partial charge in [0.05, 0.1) is 5.56 Å². The van der Waals surface area contributed by atoms with Crippen LogP contribution in [0.2, 0.25) is 0 Å². The molecule has 116 valence electrons. The zero-order valence-electron chi connectivity index (χ0n) is 12.9. The number of hydrogen-bond acceptors (Lipinski definition) is 2. The van der Waals surface area contributed by atoms with E-state index in [1.54, 1.807) is 0 Å². The van der Waals surface area contributed by atoms with Crippen LogP contribution in [-0.2, 0) is 0 Å². The van der Waals surface area contributed by atoms with Gasteiger partial charge in [-0.1, -0.05) is 25.0 Å². The van der Waals surface area contributed by atoms with Crippen LogP contribution in [0.15, 0.2) is 22.7 Å². The summed E-state index contributed by atoms with van der Waals surface area (Å²) in [5.74, 6) is 0.560. The monoisotopic (exact) mass is 352 g/mol. The van der Waals surface area contributed by atoms with Crippen LogP contribution in [0.5, 0.6) is 0 Å². The lowest BCUT2D eigenvalue weighted by Crippen LogP contribution is -2.48. The zero-order chi connectivity index (χ0) is 15.4. The van der Waals surface area contributed by atoms with Gasteiger partial charge in [0, 0.05) is 17.1 Å². The number of rotatable bonds is 4. The minimum atomic E-state index is 0.124. The van der Waals surface area contributed by atoms with Crippen LogP contribution in [0.1, 0.15) is 48.5 Å². The predicted molar refractivity (Wildman–Crippen MR) is 90.4 cm³/mol. The number of hydrogen-bond donors (Lipinski definition) is 1. The molecule has 1 fully saturated rings. The largest absolute Gasteiger partial charge is 0.336 e. The van der Waals surface area contributed by atoms with Crippen molar-refractivity contribution in [3.05, 3.63) is 33.8 Å². The zero-order valence-corrected chi connectivity index (χ0v) is 14.5. The van der Waals surface area contributed by atoms with E-state index in [0.29, 0.717) is 12.5 Å². The first-order valence-corrected chi connectivity index (χ1v) is 8.65. The molecule has 3 nitrogen and oxygen atoms in total. The van der Waals surface area contributed by atoms with Gasteiger partial charge in [0.1, 0.15) is 0 Å². The van der Waals surface area contributed by atoms with Gasteiger partial charge in [0.15, 0.2) is 0 Å². The Balaban J connectivity index is 2.27. The molecule has 2 rings (SSSR count). The SMILES string of the molecule is CCN(C(=O)c1cccc(C)c1Br)C1CCCCC1CN. The van der Waals surface area contributed by atoms with Gasteiger partial charge in [-0.25, -0.2) is 0 Å². The van der Waals surface area contributed by atoms with E-state index in [1.807, 2.05) is 30.0 Å². The molecule has 0 saturated heterocycles. The van der Waals surface area contributed by atoms with Gasteiger partial charge in [0.2, 0.25) is 0 Å². The van der Waals surface area contributed by atoms with Crippen LogP contribution in [0.25, 0.3) is 0 Å². The normalized spacial score (nSPS) is 22.1. The van der Waals surface area contributed by atoms with Crippen molar-refractivity contribution >= 4 is 21.8 Å². The standard InChI is InChI=1S/C17H25BrN2O/c1-3-20(15-10-5-4-8-13(15)11-19)17(21)14-9-6-7-12(2)16(14)18/h6-7,9,13,15H,3-5,8,10-11,19H2,1-2H3. The number of amides is 1. The maximum Gasteiger partial charge on any atom is 0.255 e. The maximum atomic E-state index is 13.0. The lowest BCUT2D eigenvalue weighted by Gasteiger charge is -2.39. The van der Waals surface area contributed by atoms with Crippen LogP contribution < -0.4 is 5.73 Å². The van der Waals surface area contributed by atoms with Crippen LogP contribution in [-0.4, -0.2) is 29.9 Å². The molecule has 4 heteroatoms. The highest BCUT2D eigenvalue weighted by Crippen LogP contribution is 2.30. The number of nitrogens with two attached hydrogens (primary N) is 1. The summed E-state index contributed by atoms with van der Waals surface area (Å²) in [4.78, 5) is 15.0. The third-order valence-corrected chi connectivity index (χ3v) is 5.65. The fourth-order valence-corrected chi connectivity index (χ4v) is 3.80. The van der Waals surface area contributed by atoms with Crippen LogP contribution in [0, 0.1) is 12.8 Å². The predicted octanol–water partition coefficient (Wildman–Crippen LogP) is 3.74. The summed E-state index contributed by atoms with van der Waals surface area (Å²) in [6, 6.07) is 6.15. The molecule has 1 aliphatic carbocycles. The fraction of sp³-hybridized carbons (Fsp3) is 0.588. The first-order chi connectivity index (χ1) is 10.1. The third kappa shape index (κ3) is 3.49. The molecule has 2 atom stereocenters. The van der Waals surface area contributed by atoms with E-state index in [2.05, 4.69) is 22.9 Å². The van der Waals surface area contributed by atoms with Gasteiger partial charge in [-0.2, -0.15) is 0 Å². The highest BCUT2D eigenvalue weighted by molar-refractivity contribution is 9.10. The van der Waals surface area contributed by atoms with E-state index < -0.39 is 0 Å². The Bertz CT molecular complexity index is 504. The average molecular weight is 353 g/mol. The van der Waals surface area contributed by atoms with Crippen LogP contribution in [0.4, 0.5) is 0 Å². The molecule has 2 unspecified atom stereocenters. The summed E-state index contributed by atoms with van der Waals surface area (Å²) in [5, 5.41) is 0. The Labute approximate surface area is 136 Å². The number of carbonyl (C=O) groups excluding carboxylic acids is 1. The van der Waals surface area contributed by atoms with Crippen molar-refractivity contribution in [1.29, 1.82) is 0 Å². The molecule has 1 saturated carbocycles. The molecule has 2 N–H and O–H groups in total. The molecular formula is C17H25BrN2O. The molecule has 0 radical (unpaired) electrons. The molecular weight excluding hydrogens is 328 g/mol. The maximum absolute atomic E-state index is 13.0. The van der Waals surface area contributed by atoms with Crippen molar-refractivity contribution in [2.75, 3.05) is 13.1 Å². The highest BCUT2D eigenvalue weighted by atomic mass is 79.9. The summed E-state index contributed by atoms with van der Waals surface area (Å²) in [5.41, 5.74) is 7.79. The minimum absolute atomic E-state index is 0.124. The number of halogens is 1. The Morgan fingerprint density at radius 3 is 2.76 bits per heavy atom. The van der Waals surface area contributed by atoms with Gasteiger partial charge < -0.3 is 10.6 Å². The molecule has 1 aliphatic rings. The van der Waals surface area contributed by atoms with E-state index >= 15 is 0 Å². The van der Waals surface area contributed by atoms with Crippen molar-refractivity contribution in [2.45, 2.75) is 45.6 Å². The quantitative estimate of drug-likeness (QED) is 0.896. The van der Waals surface area contributed by atoms with E-state index in [4.69, 9.17) is 5.73 Å². The van der Waals surface area contributed by atoms with Gasteiger partial charge in [0.25, 0.3) is 5.91 Å². The van der Waals surface area contributed by atoms with Crippen molar-refractivity contribution in [3.63, 3.8) is 0 Å². The second kappa shape index (κ2) is 7.41. The molecule has 1 amide bonds. The first-order valence-electron chi connectivity index (χ1n) is 7.86. The average Bonchev–Trinajstić information content (AvgIpc) is 2.51. The Morgan fingerprint density at radius 2 is 2.10 bits per heavy atom. The summed E-state index contributed by atoms with van der Waals surface area (Å²) >= 11 is 3.56. The van der Waals surface area contributed by atoms with E-state index in [1.165, 1.54) is 12.8 Å². The molecule has 0 aliphatic heterocycles. The van der Waals surface area contributed by atoms with Crippen molar-refractivity contribution in [1.82, 2.24) is 4.90 Å². The topological polar surface area (TPSA) is 46.3 Å². The molecule has 0 bridgehead atoms. The minimum Gasteiger partial charge on any atom is -0.336 e. The Kier molecular flexibility index (Phi) is 5.82. The van der Waals surface area contributed by atoms with Gasteiger partial charge in [-0.3, -0.25) is 4.79 Å². The lowest BCUT2D eigenvalue weighted by atomic mass is 9.83. The Hall–Kier alpha value is -0.870. The van der Waals surface area contributed by atoms with E-state index in [9.17, 15) is 4.79 Å². The molecule has 21 heavy (non-hydrogen) atoms. The van der Waals surface area contributed by atoms with Gasteiger partial charge in [-0.15, -0.1) is 0 Å². The summed E-state index contributed by atoms with van der Waals surface area (Å²) in [6.45, 7) is 5.48. The summed E-state index contributed by atoms with van der Waals surface area (Å²) < 4.78 is 0.911. The molecule has 0 aromatic heterocycles. The molecule has 1 aromatic carbocycles. The summed E-state index contributed by atoms with van der Waals surface area (Å²) in [7, 11) is 0. The number of carbonyl (C=O) groups is 1. The second-order valence-electron chi connectivity index (χ2n) is 5.88. The van der Waals surface area contributed by atoms with Crippen molar-refractivity contribution in [3.8, 4) is 0 Å². The number of benzene rings is 1. The second-order valence-corrected chi connectivity index (χ2v) is 6.67. The lowest BCUT2D eigenvalue weighted by molar-refractivity contribution is 0.0559. The molecule has 1 aromatic rings. The Morgan fingerprint density at radius 1 is 1.38 bits per heavy atom. The van der Waals surface area contributed by atoms with Crippen LogP contribution in [0.3, 0.4) is 0 Å².